The van der Waals surface area contributed by atoms with Crippen LogP contribution in [0.4, 0.5) is 4.39 Å². The molecule has 0 bridgehead atoms. The minimum absolute atomic E-state index is 0.138. The maximum Gasteiger partial charge on any atom is 0.374 e. The van der Waals surface area contributed by atoms with Gasteiger partial charge in [0.1, 0.15) is 23.9 Å². The van der Waals surface area contributed by atoms with E-state index >= 15 is 0 Å². The summed E-state index contributed by atoms with van der Waals surface area (Å²) in [4.78, 5) is 11.7. The van der Waals surface area contributed by atoms with Gasteiger partial charge in [0.15, 0.2) is 0 Å². The number of rotatable bonds is 7. The molecule has 0 unspecified atom stereocenters. The molecule has 4 nitrogen and oxygen atoms in total. The van der Waals surface area contributed by atoms with E-state index in [0.29, 0.717) is 33.5 Å². The summed E-state index contributed by atoms with van der Waals surface area (Å²) in [6.07, 6.45) is 0.368. The van der Waals surface area contributed by atoms with Gasteiger partial charge in [-0.3, -0.25) is 0 Å². The summed E-state index contributed by atoms with van der Waals surface area (Å²) in [5.41, 5.74) is 1.43. The SMILES string of the molecule is CCOC(=O)c1ccc(Cc2cc(Cl)ccc2OCc2ccc(F)cc2Cl)o1. The average Bonchev–Trinajstić information content (AvgIpc) is 3.11. The minimum Gasteiger partial charge on any atom is -0.489 e. The first-order valence-electron chi connectivity index (χ1n) is 8.57. The third-order valence-electron chi connectivity index (χ3n) is 3.92. The number of hydrogen-bond acceptors (Lipinski definition) is 4. The van der Waals surface area contributed by atoms with Crippen molar-refractivity contribution in [2.75, 3.05) is 6.61 Å². The molecule has 7 heteroatoms. The molecule has 0 amide bonds. The molecule has 2 aromatic carbocycles. The average molecular weight is 423 g/mol. The van der Waals surface area contributed by atoms with Gasteiger partial charge in [0, 0.05) is 22.6 Å². The zero-order chi connectivity index (χ0) is 20.1. The van der Waals surface area contributed by atoms with Crippen LogP contribution in [0.15, 0.2) is 52.9 Å². The summed E-state index contributed by atoms with van der Waals surface area (Å²) in [6, 6.07) is 12.6. The molecule has 0 N–H and O–H groups in total. The summed E-state index contributed by atoms with van der Waals surface area (Å²) < 4.78 is 29.5. The van der Waals surface area contributed by atoms with Gasteiger partial charge in [-0.15, -0.1) is 0 Å². The Morgan fingerprint density at radius 3 is 2.64 bits per heavy atom. The van der Waals surface area contributed by atoms with E-state index in [9.17, 15) is 9.18 Å². The van der Waals surface area contributed by atoms with Gasteiger partial charge < -0.3 is 13.9 Å². The molecular formula is C21H17Cl2FO4. The van der Waals surface area contributed by atoms with Crippen molar-refractivity contribution in [2.24, 2.45) is 0 Å². The normalized spacial score (nSPS) is 10.7. The monoisotopic (exact) mass is 422 g/mol. The summed E-state index contributed by atoms with van der Waals surface area (Å²) in [5.74, 6) is 0.367. The molecule has 0 radical (unpaired) electrons. The number of carbonyl (C=O) groups is 1. The lowest BCUT2D eigenvalue weighted by Gasteiger charge is -2.12. The van der Waals surface area contributed by atoms with Crippen LogP contribution < -0.4 is 4.74 Å². The molecule has 146 valence electrons. The van der Waals surface area contributed by atoms with E-state index in [0.717, 1.165) is 5.56 Å². The largest absolute Gasteiger partial charge is 0.489 e. The Hall–Kier alpha value is -2.50. The third kappa shape index (κ3) is 5.06. The van der Waals surface area contributed by atoms with Crippen molar-refractivity contribution in [1.29, 1.82) is 0 Å². The molecule has 0 fully saturated rings. The topological polar surface area (TPSA) is 48.7 Å². The second-order valence-corrected chi connectivity index (χ2v) is 6.78. The molecule has 0 atom stereocenters. The van der Waals surface area contributed by atoms with Crippen LogP contribution in [-0.2, 0) is 17.8 Å². The number of benzene rings is 2. The fraction of sp³-hybridized carbons (Fsp3) is 0.190. The van der Waals surface area contributed by atoms with Crippen molar-refractivity contribution >= 4 is 29.2 Å². The van der Waals surface area contributed by atoms with Crippen molar-refractivity contribution in [1.82, 2.24) is 0 Å². The maximum atomic E-state index is 13.2. The smallest absolute Gasteiger partial charge is 0.374 e. The van der Waals surface area contributed by atoms with E-state index in [4.69, 9.17) is 37.1 Å². The van der Waals surface area contributed by atoms with Gasteiger partial charge in [0.2, 0.25) is 5.76 Å². The van der Waals surface area contributed by atoms with Gasteiger partial charge in [-0.1, -0.05) is 29.3 Å². The molecule has 28 heavy (non-hydrogen) atoms. The van der Waals surface area contributed by atoms with E-state index in [1.807, 2.05) is 0 Å². The van der Waals surface area contributed by atoms with Crippen molar-refractivity contribution in [3.05, 3.63) is 87.0 Å². The van der Waals surface area contributed by atoms with Gasteiger partial charge in [0.25, 0.3) is 0 Å². The van der Waals surface area contributed by atoms with E-state index < -0.39 is 11.8 Å². The first-order valence-corrected chi connectivity index (χ1v) is 9.33. The lowest BCUT2D eigenvalue weighted by molar-refractivity contribution is 0.0488. The first-order chi connectivity index (χ1) is 13.5. The Bertz CT molecular complexity index is 984. The fourth-order valence-corrected chi connectivity index (χ4v) is 3.01. The van der Waals surface area contributed by atoms with Crippen LogP contribution in [0.1, 0.15) is 34.4 Å². The van der Waals surface area contributed by atoms with Crippen LogP contribution >= 0.6 is 23.2 Å². The van der Waals surface area contributed by atoms with Crippen LogP contribution in [0.5, 0.6) is 5.75 Å². The molecule has 0 aliphatic carbocycles. The number of esters is 1. The molecule has 0 aliphatic heterocycles. The van der Waals surface area contributed by atoms with Gasteiger partial charge >= 0.3 is 5.97 Å². The maximum absolute atomic E-state index is 13.2. The Kier molecular flexibility index (Phi) is 6.60. The predicted octanol–water partition coefficient (Wildman–Crippen LogP) is 6.07. The molecule has 0 saturated carbocycles. The Labute approximate surface area is 171 Å². The van der Waals surface area contributed by atoms with Crippen molar-refractivity contribution in [2.45, 2.75) is 20.0 Å². The van der Waals surface area contributed by atoms with Crippen molar-refractivity contribution in [3.63, 3.8) is 0 Å². The molecule has 3 aromatic rings. The Morgan fingerprint density at radius 1 is 1.07 bits per heavy atom. The number of ether oxygens (including phenoxy) is 2. The number of halogens is 3. The van der Waals surface area contributed by atoms with E-state index in [1.54, 1.807) is 43.3 Å². The lowest BCUT2D eigenvalue weighted by atomic mass is 10.1. The van der Waals surface area contributed by atoms with Gasteiger partial charge in [-0.25, -0.2) is 9.18 Å². The Morgan fingerprint density at radius 2 is 1.89 bits per heavy atom. The second-order valence-electron chi connectivity index (χ2n) is 5.94. The summed E-state index contributed by atoms with van der Waals surface area (Å²) in [5, 5.41) is 0.833. The highest BCUT2D eigenvalue weighted by molar-refractivity contribution is 6.31. The van der Waals surface area contributed by atoms with Crippen molar-refractivity contribution < 1.29 is 23.1 Å². The van der Waals surface area contributed by atoms with Crippen LogP contribution in [0.25, 0.3) is 0 Å². The lowest BCUT2D eigenvalue weighted by Crippen LogP contribution is -2.02. The highest BCUT2D eigenvalue weighted by atomic mass is 35.5. The van der Waals surface area contributed by atoms with Crippen LogP contribution in [0.3, 0.4) is 0 Å². The highest BCUT2D eigenvalue weighted by Gasteiger charge is 2.14. The number of carbonyl (C=O) groups excluding carboxylic acids is 1. The second kappa shape index (κ2) is 9.13. The zero-order valence-electron chi connectivity index (χ0n) is 15.0. The standard InChI is InChI=1S/C21H17Cl2FO4/c1-2-26-21(25)20-8-6-17(28-20)10-14-9-15(22)4-7-19(14)27-12-13-3-5-16(24)11-18(13)23/h3-9,11H,2,10,12H2,1H3. The molecule has 3 rings (SSSR count). The van der Waals surface area contributed by atoms with E-state index in [-0.39, 0.29) is 19.0 Å². The molecule has 1 aromatic heterocycles. The first kappa shape index (κ1) is 20.2. The van der Waals surface area contributed by atoms with Gasteiger partial charge in [-0.2, -0.15) is 0 Å². The van der Waals surface area contributed by atoms with Crippen molar-refractivity contribution in [3.8, 4) is 5.75 Å². The molecular weight excluding hydrogens is 406 g/mol. The zero-order valence-corrected chi connectivity index (χ0v) is 16.5. The molecule has 0 saturated heterocycles. The van der Waals surface area contributed by atoms with Crippen LogP contribution in [0, 0.1) is 5.82 Å². The van der Waals surface area contributed by atoms with Gasteiger partial charge in [-0.05, 0) is 49.4 Å². The molecule has 0 aliphatic rings. The summed E-state index contributed by atoms with van der Waals surface area (Å²) >= 11 is 12.2. The number of furan rings is 1. The highest BCUT2D eigenvalue weighted by Crippen LogP contribution is 2.28. The number of hydrogen-bond donors (Lipinski definition) is 0. The predicted molar refractivity (Wildman–Crippen MR) is 105 cm³/mol. The van der Waals surface area contributed by atoms with Crippen LogP contribution in [-0.4, -0.2) is 12.6 Å². The van der Waals surface area contributed by atoms with E-state index in [1.165, 1.54) is 12.1 Å². The molecule has 1 heterocycles. The minimum atomic E-state index is -0.512. The van der Waals surface area contributed by atoms with Gasteiger partial charge in [0.05, 0.1) is 11.6 Å². The summed E-state index contributed by atoms with van der Waals surface area (Å²) in [6.45, 7) is 2.16. The third-order valence-corrected chi connectivity index (χ3v) is 4.51. The molecule has 0 spiro atoms. The van der Waals surface area contributed by atoms with Crippen LogP contribution in [0.2, 0.25) is 10.0 Å². The quantitative estimate of drug-likeness (QED) is 0.433. The summed E-state index contributed by atoms with van der Waals surface area (Å²) in [7, 11) is 0. The fourth-order valence-electron chi connectivity index (χ4n) is 2.59. The Balaban J connectivity index is 1.76. The van der Waals surface area contributed by atoms with E-state index in [2.05, 4.69) is 0 Å².